The number of allylic oxidation sites excluding steroid dienone is 3. The molecule has 0 saturated carbocycles. The van der Waals surface area contributed by atoms with Crippen LogP contribution in [0.3, 0.4) is 0 Å². The highest BCUT2D eigenvalue weighted by molar-refractivity contribution is 5.24. The lowest BCUT2D eigenvalue weighted by Crippen LogP contribution is -2.11. The molecule has 3 nitrogen and oxygen atoms in total. The standard InChI is InChI=1S/C7H15N3/c1-3-6(7(9)10)4-5(2)8/h4H,3,8-10H2,1-2H3/b5-4-. The second-order valence-corrected chi connectivity index (χ2v) is 2.22. The molecule has 10 heavy (non-hydrogen) atoms. The zero-order valence-electron chi connectivity index (χ0n) is 6.52. The normalized spacial score (nSPS) is 11.2. The van der Waals surface area contributed by atoms with Crippen LogP contribution in [0.2, 0.25) is 0 Å². The number of rotatable bonds is 2. The molecular formula is C7H15N3. The minimum atomic E-state index is 0.354. The molecule has 0 saturated heterocycles. The van der Waals surface area contributed by atoms with E-state index in [-0.39, 0.29) is 0 Å². The van der Waals surface area contributed by atoms with Crippen LogP contribution in [-0.2, 0) is 0 Å². The fourth-order valence-electron chi connectivity index (χ4n) is 0.664. The van der Waals surface area contributed by atoms with Crippen LogP contribution in [0.5, 0.6) is 0 Å². The largest absolute Gasteiger partial charge is 0.402 e. The molecule has 0 aliphatic heterocycles. The fourth-order valence-corrected chi connectivity index (χ4v) is 0.664. The highest BCUT2D eigenvalue weighted by Gasteiger charge is 1.92. The highest BCUT2D eigenvalue weighted by Crippen LogP contribution is 2.03. The van der Waals surface area contributed by atoms with Crippen molar-refractivity contribution >= 4 is 0 Å². The van der Waals surface area contributed by atoms with Crippen molar-refractivity contribution in [1.29, 1.82) is 0 Å². The maximum atomic E-state index is 5.42. The summed E-state index contributed by atoms with van der Waals surface area (Å²) in [5.74, 6) is 0.354. The maximum absolute atomic E-state index is 5.42. The topological polar surface area (TPSA) is 78.1 Å². The van der Waals surface area contributed by atoms with E-state index in [4.69, 9.17) is 17.2 Å². The quantitative estimate of drug-likeness (QED) is 0.487. The Bertz CT molecular complexity index is 160. The van der Waals surface area contributed by atoms with E-state index in [0.717, 1.165) is 17.7 Å². The van der Waals surface area contributed by atoms with Gasteiger partial charge in [-0.15, -0.1) is 0 Å². The third-order valence-corrected chi connectivity index (χ3v) is 1.15. The molecule has 0 spiro atoms. The summed E-state index contributed by atoms with van der Waals surface area (Å²) >= 11 is 0. The second kappa shape index (κ2) is 3.82. The predicted octanol–water partition coefficient (Wildman–Crippen LogP) is 0.388. The monoisotopic (exact) mass is 141 g/mol. The third kappa shape index (κ3) is 3.02. The van der Waals surface area contributed by atoms with Crippen molar-refractivity contribution < 1.29 is 0 Å². The molecule has 3 heteroatoms. The van der Waals surface area contributed by atoms with Crippen molar-refractivity contribution in [3.8, 4) is 0 Å². The van der Waals surface area contributed by atoms with Crippen molar-refractivity contribution in [3.05, 3.63) is 23.2 Å². The highest BCUT2D eigenvalue weighted by atomic mass is 14.8. The average molecular weight is 141 g/mol. The lowest BCUT2D eigenvalue weighted by atomic mass is 10.2. The van der Waals surface area contributed by atoms with E-state index < -0.39 is 0 Å². The van der Waals surface area contributed by atoms with E-state index in [0.29, 0.717) is 5.82 Å². The summed E-state index contributed by atoms with van der Waals surface area (Å²) in [5.41, 5.74) is 17.8. The van der Waals surface area contributed by atoms with Crippen LogP contribution < -0.4 is 17.2 Å². The molecule has 0 aliphatic rings. The summed E-state index contributed by atoms with van der Waals surface area (Å²) in [7, 11) is 0. The van der Waals surface area contributed by atoms with Gasteiger partial charge < -0.3 is 17.2 Å². The van der Waals surface area contributed by atoms with E-state index in [2.05, 4.69) is 0 Å². The van der Waals surface area contributed by atoms with Gasteiger partial charge in [0, 0.05) is 5.70 Å². The first-order valence-corrected chi connectivity index (χ1v) is 3.25. The van der Waals surface area contributed by atoms with Gasteiger partial charge in [-0.3, -0.25) is 0 Å². The van der Waals surface area contributed by atoms with E-state index in [1.165, 1.54) is 0 Å². The molecular weight excluding hydrogens is 126 g/mol. The van der Waals surface area contributed by atoms with Gasteiger partial charge >= 0.3 is 0 Å². The van der Waals surface area contributed by atoms with Crippen molar-refractivity contribution in [2.24, 2.45) is 17.2 Å². The molecule has 0 aliphatic carbocycles. The SMILES string of the molecule is CCC(/C=C(/C)N)=C(N)N. The molecule has 0 amide bonds. The van der Waals surface area contributed by atoms with Gasteiger partial charge in [0.05, 0.1) is 5.82 Å². The number of nitrogens with two attached hydrogens (primary N) is 3. The van der Waals surface area contributed by atoms with Crippen LogP contribution in [0.1, 0.15) is 20.3 Å². The lowest BCUT2D eigenvalue weighted by Gasteiger charge is -2.00. The Balaban J connectivity index is 4.40. The van der Waals surface area contributed by atoms with E-state index in [1.54, 1.807) is 13.0 Å². The van der Waals surface area contributed by atoms with Gasteiger partial charge in [-0.2, -0.15) is 0 Å². The maximum Gasteiger partial charge on any atom is 0.0967 e. The third-order valence-electron chi connectivity index (χ3n) is 1.15. The first kappa shape index (κ1) is 8.88. The number of hydrogen-bond donors (Lipinski definition) is 3. The molecule has 0 aromatic rings. The first-order chi connectivity index (χ1) is 4.57. The van der Waals surface area contributed by atoms with Gasteiger partial charge in [-0.05, 0) is 25.0 Å². The van der Waals surface area contributed by atoms with Crippen molar-refractivity contribution in [2.45, 2.75) is 20.3 Å². The van der Waals surface area contributed by atoms with E-state index in [1.807, 2.05) is 6.92 Å². The Morgan fingerprint density at radius 1 is 1.30 bits per heavy atom. The van der Waals surface area contributed by atoms with Crippen LogP contribution in [-0.4, -0.2) is 0 Å². The van der Waals surface area contributed by atoms with Gasteiger partial charge in [0.1, 0.15) is 0 Å². The zero-order chi connectivity index (χ0) is 8.15. The van der Waals surface area contributed by atoms with Crippen LogP contribution in [0.4, 0.5) is 0 Å². The average Bonchev–Trinajstić information content (AvgIpc) is 1.81. The molecule has 0 fully saturated rings. The summed E-state index contributed by atoms with van der Waals surface area (Å²) in [6.45, 7) is 3.78. The first-order valence-electron chi connectivity index (χ1n) is 3.25. The molecule has 0 radical (unpaired) electrons. The van der Waals surface area contributed by atoms with Crippen molar-refractivity contribution in [2.75, 3.05) is 0 Å². The minimum Gasteiger partial charge on any atom is -0.402 e. The second-order valence-electron chi connectivity index (χ2n) is 2.22. The summed E-state index contributed by atoms with van der Waals surface area (Å²) < 4.78 is 0. The van der Waals surface area contributed by atoms with Crippen LogP contribution >= 0.6 is 0 Å². The lowest BCUT2D eigenvalue weighted by molar-refractivity contribution is 1.05. The Labute approximate surface area is 61.6 Å². The van der Waals surface area contributed by atoms with Crippen LogP contribution in [0.15, 0.2) is 23.2 Å². The molecule has 0 aromatic heterocycles. The van der Waals surface area contributed by atoms with Gasteiger partial charge in [0.25, 0.3) is 0 Å². The Morgan fingerprint density at radius 2 is 1.80 bits per heavy atom. The molecule has 0 atom stereocenters. The van der Waals surface area contributed by atoms with Crippen LogP contribution in [0.25, 0.3) is 0 Å². The molecule has 0 bridgehead atoms. The fraction of sp³-hybridized carbons (Fsp3) is 0.429. The predicted molar refractivity (Wildman–Crippen MR) is 43.6 cm³/mol. The summed E-state index contributed by atoms with van der Waals surface area (Å²) in [5, 5.41) is 0. The van der Waals surface area contributed by atoms with Gasteiger partial charge in [0.15, 0.2) is 0 Å². The number of hydrogen-bond acceptors (Lipinski definition) is 3. The molecule has 0 unspecified atom stereocenters. The molecule has 0 aromatic carbocycles. The smallest absolute Gasteiger partial charge is 0.0967 e. The van der Waals surface area contributed by atoms with Crippen molar-refractivity contribution in [1.82, 2.24) is 0 Å². The zero-order valence-corrected chi connectivity index (χ0v) is 6.52. The molecule has 58 valence electrons. The summed E-state index contributed by atoms with van der Waals surface area (Å²) in [6.07, 6.45) is 2.60. The Morgan fingerprint density at radius 3 is 1.90 bits per heavy atom. The summed E-state index contributed by atoms with van der Waals surface area (Å²) in [6, 6.07) is 0. The molecule has 0 rings (SSSR count). The van der Waals surface area contributed by atoms with Crippen LogP contribution in [0, 0.1) is 0 Å². The van der Waals surface area contributed by atoms with Gasteiger partial charge in [-0.25, -0.2) is 0 Å². The Hall–Kier alpha value is -1.12. The van der Waals surface area contributed by atoms with E-state index in [9.17, 15) is 0 Å². The van der Waals surface area contributed by atoms with Gasteiger partial charge in [0.2, 0.25) is 0 Å². The van der Waals surface area contributed by atoms with Crippen molar-refractivity contribution in [3.63, 3.8) is 0 Å². The van der Waals surface area contributed by atoms with E-state index >= 15 is 0 Å². The minimum absolute atomic E-state index is 0.354. The molecule has 6 N–H and O–H groups in total. The molecule has 0 heterocycles. The summed E-state index contributed by atoms with van der Waals surface area (Å²) in [4.78, 5) is 0. The Kier molecular flexibility index (Phi) is 3.39. The van der Waals surface area contributed by atoms with Gasteiger partial charge in [-0.1, -0.05) is 6.92 Å².